The van der Waals surface area contributed by atoms with E-state index in [1.165, 1.54) is 11.3 Å². The molecular weight excluding hydrogens is 374 g/mol. The zero-order chi connectivity index (χ0) is 19.8. The number of nitrogens with one attached hydrogen (secondary N) is 1. The first-order chi connectivity index (χ1) is 13.6. The molecule has 1 atom stereocenters. The molecule has 0 saturated heterocycles. The number of amides is 1. The third-order valence-electron chi connectivity index (χ3n) is 4.94. The van der Waals surface area contributed by atoms with Gasteiger partial charge in [-0.15, -0.1) is 11.3 Å². The highest BCUT2D eigenvalue weighted by atomic mass is 32.1. The van der Waals surface area contributed by atoms with E-state index in [9.17, 15) is 4.79 Å². The lowest BCUT2D eigenvalue weighted by Gasteiger charge is -2.36. The first-order valence-electron chi connectivity index (χ1n) is 9.23. The van der Waals surface area contributed by atoms with Gasteiger partial charge >= 0.3 is 0 Å². The minimum absolute atomic E-state index is 0.00483. The molecule has 0 saturated carbocycles. The van der Waals surface area contributed by atoms with Crippen LogP contribution in [0.3, 0.4) is 0 Å². The average molecular weight is 398 g/mol. The van der Waals surface area contributed by atoms with Gasteiger partial charge in [-0.3, -0.25) is 9.69 Å². The van der Waals surface area contributed by atoms with Gasteiger partial charge < -0.3 is 14.8 Å². The van der Waals surface area contributed by atoms with Crippen LogP contribution in [0.15, 0.2) is 30.3 Å². The minimum atomic E-state index is -0.136. The number of carbonyl (C=O) groups is 1. The summed E-state index contributed by atoms with van der Waals surface area (Å²) in [4.78, 5) is 21.5. The molecule has 146 valence electrons. The first kappa shape index (κ1) is 18.7. The van der Waals surface area contributed by atoms with E-state index in [2.05, 4.69) is 17.2 Å². The number of fused-ring (bicyclic) bond motifs is 3. The van der Waals surface area contributed by atoms with E-state index in [1.807, 2.05) is 42.2 Å². The maximum Gasteiger partial charge on any atom is 0.272 e. The Morgan fingerprint density at radius 2 is 2.00 bits per heavy atom. The van der Waals surface area contributed by atoms with E-state index in [0.29, 0.717) is 11.5 Å². The number of pyridine rings is 1. The molecule has 0 spiro atoms. The number of aryl methyl sites for hydroxylation is 1. The summed E-state index contributed by atoms with van der Waals surface area (Å²) in [6, 6.07) is 9.60. The number of hydrogen-bond donors (Lipinski definition) is 1. The van der Waals surface area contributed by atoms with E-state index >= 15 is 0 Å². The molecule has 3 heterocycles. The van der Waals surface area contributed by atoms with Crippen LogP contribution in [0.4, 0.5) is 11.4 Å². The number of thiophene rings is 1. The molecule has 0 fully saturated rings. The van der Waals surface area contributed by atoms with Crippen LogP contribution < -0.4 is 15.0 Å². The summed E-state index contributed by atoms with van der Waals surface area (Å²) in [7, 11) is 3.31. The van der Waals surface area contributed by atoms with Crippen molar-refractivity contribution in [3.8, 4) is 5.75 Å². The average Bonchev–Trinajstić information content (AvgIpc) is 3.07. The van der Waals surface area contributed by atoms with Crippen LogP contribution in [-0.4, -0.2) is 31.3 Å². The molecule has 7 heteroatoms. The molecule has 1 amide bonds. The van der Waals surface area contributed by atoms with Gasteiger partial charge in [0.1, 0.15) is 21.6 Å². The highest BCUT2D eigenvalue weighted by molar-refractivity contribution is 7.21. The van der Waals surface area contributed by atoms with Crippen LogP contribution in [0.25, 0.3) is 10.2 Å². The normalized spacial score (nSPS) is 16.2. The Morgan fingerprint density at radius 3 is 2.64 bits per heavy atom. The van der Waals surface area contributed by atoms with Crippen LogP contribution >= 0.6 is 11.3 Å². The van der Waals surface area contributed by atoms with Gasteiger partial charge in [0.2, 0.25) is 0 Å². The molecule has 1 aliphatic rings. The summed E-state index contributed by atoms with van der Waals surface area (Å²) < 4.78 is 10.6. The molecule has 1 N–H and O–H groups in total. The fourth-order valence-electron chi connectivity index (χ4n) is 3.68. The number of nitrogens with zero attached hydrogens (tertiary/aromatic N) is 2. The van der Waals surface area contributed by atoms with Crippen LogP contribution in [0.2, 0.25) is 0 Å². The summed E-state index contributed by atoms with van der Waals surface area (Å²) >= 11 is 1.44. The molecule has 2 aromatic heterocycles. The van der Waals surface area contributed by atoms with E-state index in [-0.39, 0.29) is 12.1 Å². The summed E-state index contributed by atoms with van der Waals surface area (Å²) in [5.74, 6) is 0.760. The monoisotopic (exact) mass is 397 g/mol. The highest BCUT2D eigenvalue weighted by Crippen LogP contribution is 2.42. The van der Waals surface area contributed by atoms with Gasteiger partial charge in [0.05, 0.1) is 19.4 Å². The quantitative estimate of drug-likeness (QED) is 0.683. The molecule has 0 radical (unpaired) electrons. The predicted octanol–water partition coefficient (Wildman–Crippen LogP) is 4.57. The van der Waals surface area contributed by atoms with Gasteiger partial charge in [-0.2, -0.15) is 0 Å². The van der Waals surface area contributed by atoms with Crippen molar-refractivity contribution in [1.82, 2.24) is 4.98 Å². The van der Waals surface area contributed by atoms with Crippen molar-refractivity contribution in [1.29, 1.82) is 0 Å². The van der Waals surface area contributed by atoms with Crippen molar-refractivity contribution in [3.05, 3.63) is 46.5 Å². The Hall–Kier alpha value is -2.64. The molecule has 1 aliphatic heterocycles. The maximum absolute atomic E-state index is 13.5. The smallest absolute Gasteiger partial charge is 0.272 e. The largest absolute Gasteiger partial charge is 0.497 e. The minimum Gasteiger partial charge on any atom is -0.497 e. The van der Waals surface area contributed by atoms with Gasteiger partial charge in [-0.1, -0.05) is 6.92 Å². The SMILES string of the molecule is CCC1Nc2c(sc3nc(C)cc(COC)c23)C(=O)N1c1ccc(OC)cc1. The molecule has 6 nitrogen and oxygen atoms in total. The van der Waals surface area contributed by atoms with E-state index < -0.39 is 0 Å². The molecule has 3 aromatic rings. The number of hydrogen-bond acceptors (Lipinski definition) is 6. The second-order valence-electron chi connectivity index (χ2n) is 6.78. The molecular formula is C21H23N3O3S. The maximum atomic E-state index is 13.5. The van der Waals surface area contributed by atoms with Crippen molar-refractivity contribution in [2.75, 3.05) is 24.4 Å². The number of ether oxygens (including phenoxy) is 2. The van der Waals surface area contributed by atoms with Gasteiger partial charge in [0, 0.05) is 23.9 Å². The molecule has 28 heavy (non-hydrogen) atoms. The number of benzene rings is 1. The summed E-state index contributed by atoms with van der Waals surface area (Å²) in [6.07, 6.45) is 0.635. The van der Waals surface area contributed by atoms with E-state index in [0.717, 1.165) is 45.0 Å². The van der Waals surface area contributed by atoms with Crippen LogP contribution in [0.5, 0.6) is 5.75 Å². The number of methoxy groups -OCH3 is 2. The molecule has 0 bridgehead atoms. The molecule has 1 aromatic carbocycles. The Labute approximate surface area is 168 Å². The first-order valence-corrected chi connectivity index (χ1v) is 10.0. The van der Waals surface area contributed by atoms with Gasteiger partial charge in [-0.25, -0.2) is 4.98 Å². The van der Waals surface area contributed by atoms with Crippen molar-refractivity contribution in [3.63, 3.8) is 0 Å². The van der Waals surface area contributed by atoms with Gasteiger partial charge in [-0.05, 0) is 49.2 Å². The fourth-order valence-corrected chi connectivity index (χ4v) is 4.84. The fraction of sp³-hybridized carbons (Fsp3) is 0.333. The number of anilines is 2. The van der Waals surface area contributed by atoms with E-state index in [4.69, 9.17) is 9.47 Å². The van der Waals surface area contributed by atoms with Gasteiger partial charge in [0.15, 0.2) is 0 Å². The highest BCUT2D eigenvalue weighted by Gasteiger charge is 2.36. The third-order valence-corrected chi connectivity index (χ3v) is 6.02. The Bertz CT molecular complexity index is 1030. The number of rotatable bonds is 5. The number of aromatic nitrogens is 1. The second-order valence-corrected chi connectivity index (χ2v) is 7.78. The van der Waals surface area contributed by atoms with Crippen LogP contribution in [0.1, 0.15) is 34.3 Å². The zero-order valence-corrected chi connectivity index (χ0v) is 17.2. The lowest BCUT2D eigenvalue weighted by molar-refractivity contribution is 0.0978. The summed E-state index contributed by atoms with van der Waals surface area (Å²) in [5, 5.41) is 4.58. The van der Waals surface area contributed by atoms with Crippen molar-refractivity contribution < 1.29 is 14.3 Å². The number of carbonyl (C=O) groups excluding carboxylic acids is 1. The second kappa shape index (κ2) is 7.41. The Kier molecular flexibility index (Phi) is 4.95. The van der Waals surface area contributed by atoms with Crippen molar-refractivity contribution in [2.24, 2.45) is 0 Å². The van der Waals surface area contributed by atoms with Crippen molar-refractivity contribution in [2.45, 2.75) is 33.0 Å². The molecule has 4 rings (SSSR count). The Morgan fingerprint density at radius 1 is 1.25 bits per heavy atom. The van der Waals surface area contributed by atoms with Crippen molar-refractivity contribution >= 4 is 38.8 Å². The standard InChI is InChI=1S/C21H23N3O3S/c1-5-16-23-18-17-13(11-26-3)10-12(2)22-20(17)28-19(18)21(25)24(16)14-6-8-15(27-4)9-7-14/h6-10,16,23H,5,11H2,1-4H3. The molecule has 1 unspecified atom stereocenters. The summed E-state index contributed by atoms with van der Waals surface area (Å²) in [6.45, 7) is 4.52. The lowest BCUT2D eigenvalue weighted by atomic mass is 10.1. The molecule has 0 aliphatic carbocycles. The topological polar surface area (TPSA) is 63.7 Å². The van der Waals surface area contributed by atoms with Crippen LogP contribution in [0, 0.1) is 6.92 Å². The lowest BCUT2D eigenvalue weighted by Crippen LogP contribution is -2.48. The van der Waals surface area contributed by atoms with Crippen LogP contribution in [-0.2, 0) is 11.3 Å². The predicted molar refractivity (Wildman–Crippen MR) is 113 cm³/mol. The Balaban J connectivity index is 1.85. The third kappa shape index (κ3) is 3.00. The zero-order valence-electron chi connectivity index (χ0n) is 16.4. The van der Waals surface area contributed by atoms with E-state index in [1.54, 1.807) is 14.2 Å². The van der Waals surface area contributed by atoms with Gasteiger partial charge in [0.25, 0.3) is 5.91 Å². The summed E-state index contributed by atoms with van der Waals surface area (Å²) in [5.41, 5.74) is 3.69.